The number of hydrogen-bond donors (Lipinski definition) is 0. The highest BCUT2D eigenvalue weighted by molar-refractivity contribution is 7.00. The van der Waals surface area contributed by atoms with E-state index >= 15 is 0 Å². The molecule has 176 valence electrons. The van der Waals surface area contributed by atoms with Gasteiger partial charge in [0, 0.05) is 38.0 Å². The minimum atomic E-state index is -2.44. The molecule has 0 N–H and O–H groups in total. The van der Waals surface area contributed by atoms with Crippen molar-refractivity contribution < 1.29 is 11.0 Å². The molecule has 0 bridgehead atoms. The van der Waals surface area contributed by atoms with Gasteiger partial charge in [0.1, 0.15) is 0 Å². The summed E-state index contributed by atoms with van der Waals surface area (Å²) in [4.78, 5) is 4.14. The molecule has 2 unspecified atom stereocenters. The van der Waals surface area contributed by atoms with E-state index in [2.05, 4.69) is 30.9 Å². The van der Waals surface area contributed by atoms with E-state index in [4.69, 9.17) is 11.0 Å². The molecular weight excluding hydrogens is 435 g/mol. The molecule has 4 aromatic carbocycles. The van der Waals surface area contributed by atoms with Crippen LogP contribution in [0.1, 0.15) is 61.6 Å². The smallest absolute Gasteiger partial charge is 0.252 e. The highest BCUT2D eigenvalue weighted by atomic mass is 15.3. The Balaban J connectivity index is 1.59. The van der Waals surface area contributed by atoms with Crippen molar-refractivity contribution in [1.82, 2.24) is 0 Å². The van der Waals surface area contributed by atoms with Gasteiger partial charge in [-0.1, -0.05) is 74.3 Å². The third-order valence-electron chi connectivity index (χ3n) is 9.58. The Bertz CT molecular complexity index is 1910. The van der Waals surface area contributed by atoms with E-state index in [1.54, 1.807) is 11.0 Å². The fourth-order valence-electron chi connectivity index (χ4n) is 7.88. The summed E-state index contributed by atoms with van der Waals surface area (Å²) >= 11 is 0. The van der Waals surface area contributed by atoms with Gasteiger partial charge in [-0.25, -0.2) is 0 Å². The molecule has 0 aromatic heterocycles. The van der Waals surface area contributed by atoms with Crippen LogP contribution in [0.2, 0.25) is 0 Å². The van der Waals surface area contributed by atoms with Crippen LogP contribution in [0.5, 0.6) is 0 Å². The molecule has 36 heavy (non-hydrogen) atoms. The number of para-hydroxylation sites is 3. The maximum Gasteiger partial charge on any atom is 0.252 e. The van der Waals surface area contributed by atoms with Gasteiger partial charge in [-0.2, -0.15) is 0 Å². The molecule has 2 atom stereocenters. The van der Waals surface area contributed by atoms with E-state index in [-0.39, 0.29) is 35.6 Å². The predicted octanol–water partition coefficient (Wildman–Crippen LogP) is 6.35. The van der Waals surface area contributed by atoms with Crippen LogP contribution in [0.3, 0.4) is 0 Å². The number of hydrogen-bond acceptors (Lipinski definition) is 2. The molecule has 8 rings (SSSR count). The Morgan fingerprint density at radius 2 is 1.56 bits per heavy atom. The Kier molecular flexibility index (Phi) is 2.73. The van der Waals surface area contributed by atoms with Gasteiger partial charge >= 0.3 is 0 Å². The zero-order valence-electron chi connectivity index (χ0n) is 28.5. The maximum absolute atomic E-state index is 8.96. The predicted molar refractivity (Wildman–Crippen MR) is 153 cm³/mol. The third-order valence-corrected chi connectivity index (χ3v) is 9.58. The van der Waals surface area contributed by atoms with E-state index in [9.17, 15) is 0 Å². The maximum atomic E-state index is 8.96. The van der Waals surface area contributed by atoms with E-state index in [0.29, 0.717) is 11.4 Å². The van der Waals surface area contributed by atoms with Crippen LogP contribution in [0.15, 0.2) is 84.8 Å². The highest BCUT2D eigenvalue weighted by Crippen LogP contribution is 2.62. The summed E-state index contributed by atoms with van der Waals surface area (Å²) in [7, 11) is 0. The van der Waals surface area contributed by atoms with Gasteiger partial charge in [-0.3, -0.25) is 0 Å². The van der Waals surface area contributed by atoms with Crippen molar-refractivity contribution >= 4 is 51.5 Å². The fraction of sp³-hybridized carbons (Fsp3) is 0.273. The molecule has 3 aliphatic heterocycles. The van der Waals surface area contributed by atoms with Gasteiger partial charge in [0.2, 0.25) is 0 Å². The molecule has 0 saturated heterocycles. The van der Waals surface area contributed by atoms with Gasteiger partial charge in [0.05, 0.1) is 12.4 Å². The minimum Gasteiger partial charge on any atom is -0.335 e. The van der Waals surface area contributed by atoms with Gasteiger partial charge < -0.3 is 9.80 Å². The quantitative estimate of drug-likeness (QED) is 0.261. The summed E-state index contributed by atoms with van der Waals surface area (Å²) in [5.41, 5.74) is 6.61. The highest BCUT2D eigenvalue weighted by Gasteiger charge is 2.62. The van der Waals surface area contributed by atoms with Gasteiger partial charge in [-0.15, -0.1) is 0 Å². The molecule has 4 aromatic rings. The largest absolute Gasteiger partial charge is 0.335 e. The Morgan fingerprint density at radius 3 is 2.33 bits per heavy atom. The van der Waals surface area contributed by atoms with E-state index < -0.39 is 30.4 Å². The van der Waals surface area contributed by atoms with Crippen LogP contribution >= 0.6 is 0 Å². The molecule has 0 spiro atoms. The van der Waals surface area contributed by atoms with Crippen LogP contribution in [0, 0.1) is 6.85 Å². The van der Waals surface area contributed by atoms with Crippen LogP contribution in [0.4, 0.5) is 28.4 Å². The van der Waals surface area contributed by atoms with Crippen molar-refractivity contribution in [2.75, 3.05) is 9.80 Å². The molecule has 1 saturated carbocycles. The fourth-order valence-corrected chi connectivity index (χ4v) is 7.88. The van der Waals surface area contributed by atoms with E-state index in [1.165, 1.54) is 0 Å². The van der Waals surface area contributed by atoms with Crippen LogP contribution in [-0.2, 0) is 5.41 Å². The second kappa shape index (κ2) is 6.85. The summed E-state index contributed by atoms with van der Waals surface area (Å²) < 4.78 is 69.6. The number of benzene rings is 4. The van der Waals surface area contributed by atoms with Crippen molar-refractivity contribution in [1.29, 1.82) is 0 Å². The second-order valence-electron chi connectivity index (χ2n) is 11.1. The summed E-state index contributed by atoms with van der Waals surface area (Å²) in [6, 6.07) is 16.0. The average Bonchev–Trinajstić information content (AvgIpc) is 3.22. The zero-order valence-corrected chi connectivity index (χ0v) is 20.5. The molecule has 3 heterocycles. The molecule has 1 fully saturated rings. The first-order valence-electron chi connectivity index (χ1n) is 16.9. The average molecular weight is 474 g/mol. The van der Waals surface area contributed by atoms with Crippen LogP contribution < -0.4 is 26.2 Å². The van der Waals surface area contributed by atoms with Crippen molar-refractivity contribution in [3.05, 3.63) is 95.9 Å². The number of rotatable bonds is 1. The molecule has 2 nitrogen and oxygen atoms in total. The number of anilines is 5. The van der Waals surface area contributed by atoms with Crippen molar-refractivity contribution in [2.45, 2.75) is 57.3 Å². The molecule has 0 radical (unpaired) electrons. The lowest BCUT2D eigenvalue weighted by Crippen LogP contribution is -2.64. The topological polar surface area (TPSA) is 6.48 Å². The van der Waals surface area contributed by atoms with Gasteiger partial charge in [0.15, 0.2) is 0 Å². The first kappa shape index (κ1) is 14.3. The number of aryl methyl sites for hydroxylation is 1. The van der Waals surface area contributed by atoms with Crippen LogP contribution in [0.25, 0.3) is 0 Å². The summed E-state index contributed by atoms with van der Waals surface area (Å²) in [5, 5.41) is 0. The molecule has 3 heteroatoms. The molecule has 4 aliphatic rings. The Morgan fingerprint density at radius 1 is 0.861 bits per heavy atom. The molecular formula is C33H31BN2. The van der Waals surface area contributed by atoms with Crippen molar-refractivity contribution in [2.24, 2.45) is 0 Å². The van der Waals surface area contributed by atoms with Crippen molar-refractivity contribution in [3.8, 4) is 0 Å². The monoisotopic (exact) mass is 474 g/mol. The lowest BCUT2D eigenvalue weighted by atomic mass is 9.33. The third kappa shape index (κ3) is 2.26. The summed E-state index contributed by atoms with van der Waals surface area (Å²) in [6.45, 7) is 1.86. The zero-order chi connectivity index (χ0) is 31.1. The van der Waals surface area contributed by atoms with Crippen molar-refractivity contribution in [3.63, 3.8) is 0 Å². The van der Waals surface area contributed by atoms with Gasteiger partial charge in [-0.05, 0) is 84.4 Å². The minimum absolute atomic E-state index is 0.0211. The standard InChI is InChI=1S/C33H31BN2/c1-22-21-28-30-31-29(22)32(2)19-11-12-20-33(32,3)36(31)27-18-10-8-16-25(27)34(30)24-15-7-9-17-26(24)35(28)23-13-5-4-6-14-23/h4-10,13-18,21H,11-12,19-20H2,1-3H3/i1D3,4D,5D,6D,13D,14D. The lowest BCUT2D eigenvalue weighted by Gasteiger charge is -2.52. The first-order chi connectivity index (χ1) is 20.8. The van der Waals surface area contributed by atoms with E-state index in [0.717, 1.165) is 59.0 Å². The SMILES string of the molecule is [2H]c1c([2H])c([2H])c(N2c3ccccc3B3c4ccccc4N4c5c3c2cc(C([2H])([2H])[2H])c5C2(C)CCCCC42C)c([2H])c1[2H]. The second-order valence-corrected chi connectivity index (χ2v) is 11.1. The lowest BCUT2D eigenvalue weighted by molar-refractivity contribution is 0.194. The Hall–Kier alpha value is -3.46. The van der Waals surface area contributed by atoms with E-state index in [1.807, 2.05) is 36.4 Å². The molecule has 1 aliphatic carbocycles. The first-order valence-corrected chi connectivity index (χ1v) is 12.9. The molecule has 0 amide bonds. The summed E-state index contributed by atoms with van der Waals surface area (Å²) in [5.74, 6) is 0. The summed E-state index contributed by atoms with van der Waals surface area (Å²) in [6.07, 6.45) is 3.84. The Labute approximate surface area is 225 Å². The number of fused-ring (bicyclic) bond motifs is 8. The normalized spacial score (nSPS) is 28.2. The van der Waals surface area contributed by atoms with Gasteiger partial charge in [0.25, 0.3) is 6.71 Å². The van der Waals surface area contributed by atoms with Crippen LogP contribution in [-0.4, -0.2) is 12.3 Å². The number of nitrogens with zero attached hydrogens (tertiary/aromatic N) is 2.